The summed E-state index contributed by atoms with van der Waals surface area (Å²) in [7, 11) is 3.36. The van der Waals surface area contributed by atoms with Crippen molar-refractivity contribution in [2.45, 2.75) is 0 Å². The number of carbonyl (C=O) groups excluding carboxylic acids is 1. The van der Waals surface area contributed by atoms with E-state index in [0.717, 1.165) is 0 Å². The highest BCUT2D eigenvalue weighted by atomic mass is 79.9. The van der Waals surface area contributed by atoms with E-state index in [1.807, 2.05) is 0 Å². The number of hydrogen-bond acceptors (Lipinski definition) is 3. The quantitative estimate of drug-likeness (QED) is 0.870. The maximum atomic E-state index is 12.3. The molecule has 0 bridgehead atoms. The van der Waals surface area contributed by atoms with Crippen molar-refractivity contribution >= 4 is 34.2 Å². The van der Waals surface area contributed by atoms with Crippen LogP contribution in [0.15, 0.2) is 34.6 Å². The van der Waals surface area contributed by atoms with Crippen molar-refractivity contribution in [1.82, 2.24) is 4.90 Å². The van der Waals surface area contributed by atoms with Gasteiger partial charge in [-0.1, -0.05) is 0 Å². The summed E-state index contributed by atoms with van der Waals surface area (Å²) in [6.07, 6.45) is 0.442. The Kier molecular flexibility index (Phi) is 8.45. The minimum Gasteiger partial charge on any atom is -0.488 e. The van der Waals surface area contributed by atoms with Gasteiger partial charge >= 0.3 is 0 Å². The SMILES string of the molecule is CN(C)C(=O)c1ccc(OCC(=CF)CN)c(Br)c1.Cl. The van der Waals surface area contributed by atoms with Crippen molar-refractivity contribution in [3.8, 4) is 5.75 Å². The zero-order valence-corrected chi connectivity index (χ0v) is 13.6. The second-order valence-electron chi connectivity index (χ2n) is 4.10. The summed E-state index contributed by atoms with van der Waals surface area (Å²) in [6.45, 7) is 0.178. The van der Waals surface area contributed by atoms with E-state index in [0.29, 0.717) is 27.7 Å². The molecule has 0 atom stereocenters. The molecule has 0 radical (unpaired) electrons. The van der Waals surface area contributed by atoms with Crippen LogP contribution in [-0.4, -0.2) is 38.1 Å². The normalized spacial score (nSPS) is 10.8. The topological polar surface area (TPSA) is 55.6 Å². The first kappa shape index (κ1) is 18.9. The Hall–Kier alpha value is -1.11. The molecule has 1 aromatic rings. The van der Waals surface area contributed by atoms with Gasteiger partial charge < -0.3 is 15.4 Å². The Morgan fingerprint density at radius 3 is 2.60 bits per heavy atom. The lowest BCUT2D eigenvalue weighted by Crippen LogP contribution is -2.21. The summed E-state index contributed by atoms with van der Waals surface area (Å²) in [4.78, 5) is 13.2. The van der Waals surface area contributed by atoms with Crippen molar-refractivity contribution in [2.24, 2.45) is 5.73 Å². The predicted octanol–water partition coefficient (Wildman–Crippen LogP) is 2.76. The molecule has 2 N–H and O–H groups in total. The molecule has 1 amide bonds. The number of carbonyl (C=O) groups is 1. The molecule has 112 valence electrons. The van der Waals surface area contributed by atoms with Gasteiger partial charge in [0.2, 0.25) is 0 Å². The lowest BCUT2D eigenvalue weighted by atomic mass is 10.2. The summed E-state index contributed by atoms with van der Waals surface area (Å²) in [5, 5.41) is 0. The van der Waals surface area contributed by atoms with E-state index in [1.165, 1.54) is 4.90 Å². The van der Waals surface area contributed by atoms with Gasteiger partial charge in [0.25, 0.3) is 5.91 Å². The van der Waals surface area contributed by atoms with Gasteiger partial charge in [-0.05, 0) is 34.1 Å². The third-order valence-corrected chi connectivity index (χ3v) is 3.03. The highest BCUT2D eigenvalue weighted by Crippen LogP contribution is 2.26. The smallest absolute Gasteiger partial charge is 0.253 e. The van der Waals surface area contributed by atoms with Gasteiger partial charge in [-0.3, -0.25) is 4.79 Å². The van der Waals surface area contributed by atoms with Gasteiger partial charge in [-0.25, -0.2) is 4.39 Å². The number of hydrogen-bond donors (Lipinski definition) is 1. The molecule has 0 unspecified atom stereocenters. The van der Waals surface area contributed by atoms with Crippen molar-refractivity contribution < 1.29 is 13.9 Å². The first-order chi connectivity index (χ1) is 8.99. The molecule has 20 heavy (non-hydrogen) atoms. The van der Waals surface area contributed by atoms with E-state index in [-0.39, 0.29) is 31.5 Å². The van der Waals surface area contributed by atoms with E-state index in [9.17, 15) is 9.18 Å². The predicted molar refractivity (Wildman–Crippen MR) is 83.1 cm³/mol. The third kappa shape index (κ3) is 5.11. The summed E-state index contributed by atoms with van der Waals surface area (Å²) >= 11 is 3.32. The fraction of sp³-hybridized carbons (Fsp3) is 0.308. The Morgan fingerprint density at radius 2 is 2.15 bits per heavy atom. The number of nitrogens with two attached hydrogens (primary N) is 1. The van der Waals surface area contributed by atoms with Crippen molar-refractivity contribution in [3.05, 3.63) is 40.1 Å². The van der Waals surface area contributed by atoms with Gasteiger partial charge in [-0.15, -0.1) is 12.4 Å². The Bertz CT molecular complexity index is 495. The average Bonchev–Trinajstić information content (AvgIpc) is 2.40. The first-order valence-electron chi connectivity index (χ1n) is 5.61. The van der Waals surface area contributed by atoms with Crippen LogP contribution in [0.25, 0.3) is 0 Å². The summed E-state index contributed by atoms with van der Waals surface area (Å²) < 4.78 is 18.4. The van der Waals surface area contributed by atoms with Crippen molar-refractivity contribution in [3.63, 3.8) is 0 Å². The van der Waals surface area contributed by atoms with Crippen LogP contribution >= 0.6 is 28.3 Å². The van der Waals surface area contributed by atoms with Crippen LogP contribution in [0.4, 0.5) is 4.39 Å². The molecule has 0 saturated carbocycles. The number of rotatable bonds is 5. The molecule has 1 rings (SSSR count). The summed E-state index contributed by atoms with van der Waals surface area (Å²) in [5.41, 5.74) is 6.24. The Morgan fingerprint density at radius 1 is 1.50 bits per heavy atom. The number of nitrogens with zero attached hydrogens (tertiary/aromatic N) is 1. The molecule has 4 nitrogen and oxygen atoms in total. The number of ether oxygens (including phenoxy) is 1. The van der Waals surface area contributed by atoms with E-state index in [4.69, 9.17) is 10.5 Å². The molecule has 0 aliphatic carbocycles. The lowest BCUT2D eigenvalue weighted by Gasteiger charge is -2.13. The number of amides is 1. The molecule has 0 aliphatic rings. The van der Waals surface area contributed by atoms with Gasteiger partial charge in [0, 0.05) is 31.8 Å². The molecule has 7 heteroatoms. The van der Waals surface area contributed by atoms with Gasteiger partial charge in [0.15, 0.2) is 0 Å². The lowest BCUT2D eigenvalue weighted by molar-refractivity contribution is 0.0827. The molecule has 0 spiro atoms. The van der Waals surface area contributed by atoms with Gasteiger partial charge in [0.05, 0.1) is 10.8 Å². The third-order valence-electron chi connectivity index (χ3n) is 2.41. The molecular weight excluding hydrogens is 351 g/mol. The number of halogens is 3. The van der Waals surface area contributed by atoms with Crippen LogP contribution in [0.5, 0.6) is 5.75 Å². The van der Waals surface area contributed by atoms with Gasteiger partial charge in [-0.2, -0.15) is 0 Å². The summed E-state index contributed by atoms with van der Waals surface area (Å²) in [6, 6.07) is 4.98. The Labute approximate surface area is 132 Å². The van der Waals surface area contributed by atoms with Crippen LogP contribution in [-0.2, 0) is 0 Å². The van der Waals surface area contributed by atoms with Crippen LogP contribution < -0.4 is 10.5 Å². The second kappa shape index (κ2) is 8.94. The summed E-state index contributed by atoms with van der Waals surface area (Å²) in [5.74, 6) is 0.432. The highest BCUT2D eigenvalue weighted by Gasteiger charge is 2.11. The first-order valence-corrected chi connectivity index (χ1v) is 6.41. The Balaban J connectivity index is 0.00000361. The molecule has 1 aromatic carbocycles. The highest BCUT2D eigenvalue weighted by molar-refractivity contribution is 9.10. The van der Waals surface area contributed by atoms with Crippen LogP contribution in [0, 0.1) is 0 Å². The molecule has 0 fully saturated rings. The molecule has 0 aromatic heterocycles. The van der Waals surface area contributed by atoms with E-state index < -0.39 is 0 Å². The maximum absolute atomic E-state index is 12.3. The largest absolute Gasteiger partial charge is 0.488 e. The fourth-order valence-electron chi connectivity index (χ4n) is 1.31. The molecule has 0 saturated heterocycles. The molecule has 0 aliphatic heterocycles. The van der Waals surface area contributed by atoms with E-state index >= 15 is 0 Å². The van der Waals surface area contributed by atoms with Crippen molar-refractivity contribution in [2.75, 3.05) is 27.2 Å². The van der Waals surface area contributed by atoms with Crippen LogP contribution in [0.1, 0.15) is 10.4 Å². The van der Waals surface area contributed by atoms with Crippen LogP contribution in [0.2, 0.25) is 0 Å². The van der Waals surface area contributed by atoms with Gasteiger partial charge in [0.1, 0.15) is 12.4 Å². The van der Waals surface area contributed by atoms with Crippen LogP contribution in [0.3, 0.4) is 0 Å². The molecular formula is C13H17BrClFN2O2. The number of benzene rings is 1. The average molecular weight is 368 g/mol. The van der Waals surface area contributed by atoms with E-state index in [2.05, 4.69) is 15.9 Å². The fourth-order valence-corrected chi connectivity index (χ4v) is 1.81. The van der Waals surface area contributed by atoms with Crippen molar-refractivity contribution in [1.29, 1.82) is 0 Å². The zero-order chi connectivity index (χ0) is 14.4. The van der Waals surface area contributed by atoms with E-state index in [1.54, 1.807) is 32.3 Å². The zero-order valence-electron chi connectivity index (χ0n) is 11.2. The minimum absolute atomic E-state index is 0. The second-order valence-corrected chi connectivity index (χ2v) is 4.96. The maximum Gasteiger partial charge on any atom is 0.253 e. The minimum atomic E-state index is -0.0986. The monoisotopic (exact) mass is 366 g/mol. The standard InChI is InChI=1S/C13H16BrFN2O2.ClH/c1-17(2)13(18)10-3-4-12(11(14)5-10)19-8-9(6-15)7-16;/h3-6H,7-8,16H2,1-2H3;1H. The molecule has 0 heterocycles.